The Morgan fingerprint density at radius 2 is 2.06 bits per heavy atom. The maximum atomic E-state index is 10.2. The molecule has 1 aromatic carbocycles. The van der Waals surface area contributed by atoms with Crippen molar-refractivity contribution in [1.29, 1.82) is 0 Å². The quantitative estimate of drug-likeness (QED) is 0.894. The van der Waals surface area contributed by atoms with E-state index in [4.69, 9.17) is 11.6 Å². The minimum Gasteiger partial charge on any atom is -0.387 e. The number of rotatable bonds is 3. The molecule has 0 amide bonds. The summed E-state index contributed by atoms with van der Waals surface area (Å²) in [6, 6.07) is 8.43. The van der Waals surface area contributed by atoms with Crippen molar-refractivity contribution in [3.8, 4) is 0 Å². The summed E-state index contributed by atoms with van der Waals surface area (Å²) in [7, 11) is 0. The lowest BCUT2D eigenvalue weighted by Gasteiger charge is -2.11. The highest BCUT2D eigenvalue weighted by Gasteiger charge is 2.16. The molecule has 0 saturated carbocycles. The molecule has 0 saturated heterocycles. The van der Waals surface area contributed by atoms with E-state index in [1.807, 2.05) is 11.4 Å². The Morgan fingerprint density at radius 3 is 2.83 bits per heavy atom. The van der Waals surface area contributed by atoms with Crippen molar-refractivity contribution in [1.82, 2.24) is 0 Å². The largest absolute Gasteiger partial charge is 0.387 e. The highest BCUT2D eigenvalue weighted by Crippen LogP contribution is 2.31. The van der Waals surface area contributed by atoms with Crippen LogP contribution in [0.15, 0.2) is 29.6 Å². The molecule has 3 heteroatoms. The van der Waals surface area contributed by atoms with Gasteiger partial charge in [-0.25, -0.2) is 0 Å². The Balaban J connectivity index is 1.79. The van der Waals surface area contributed by atoms with Crippen LogP contribution in [-0.4, -0.2) is 5.11 Å². The van der Waals surface area contributed by atoms with Gasteiger partial charge in [-0.05, 0) is 47.4 Å². The van der Waals surface area contributed by atoms with E-state index in [0.717, 1.165) is 4.88 Å². The molecular weight excluding hydrogens is 264 g/mol. The molecule has 0 bridgehead atoms. The molecule has 18 heavy (non-hydrogen) atoms. The zero-order valence-corrected chi connectivity index (χ0v) is 11.6. The normalized spacial score (nSPS) is 15.7. The summed E-state index contributed by atoms with van der Waals surface area (Å²) < 4.78 is 0. The minimum absolute atomic E-state index is 0.489. The zero-order valence-electron chi connectivity index (χ0n) is 10.0. The molecule has 1 aliphatic carbocycles. The van der Waals surface area contributed by atoms with E-state index in [9.17, 15) is 5.11 Å². The van der Waals surface area contributed by atoms with Gasteiger partial charge in [0.1, 0.15) is 0 Å². The first-order valence-electron chi connectivity index (χ1n) is 6.25. The Bertz CT molecular complexity index is 561. The monoisotopic (exact) mass is 278 g/mol. The van der Waals surface area contributed by atoms with Crippen molar-refractivity contribution in [3.05, 3.63) is 56.2 Å². The van der Waals surface area contributed by atoms with Gasteiger partial charge in [-0.3, -0.25) is 0 Å². The Hall–Kier alpha value is -0.830. The van der Waals surface area contributed by atoms with Gasteiger partial charge in [0.15, 0.2) is 0 Å². The molecule has 1 heterocycles. The van der Waals surface area contributed by atoms with Crippen molar-refractivity contribution in [2.24, 2.45) is 0 Å². The molecule has 1 aliphatic rings. The fourth-order valence-corrected chi connectivity index (χ4v) is 3.78. The SMILES string of the molecule is OC(Cc1ccc2c(c1)CCC2)c1sccc1Cl. The van der Waals surface area contributed by atoms with E-state index in [2.05, 4.69) is 18.2 Å². The molecule has 1 aromatic heterocycles. The van der Waals surface area contributed by atoms with Gasteiger partial charge in [0.25, 0.3) is 0 Å². The summed E-state index contributed by atoms with van der Waals surface area (Å²) in [5.41, 5.74) is 4.13. The van der Waals surface area contributed by atoms with Crippen LogP contribution in [-0.2, 0) is 19.3 Å². The Labute approximate surface area is 116 Å². The number of aliphatic hydroxyl groups excluding tert-OH is 1. The summed E-state index contributed by atoms with van der Waals surface area (Å²) >= 11 is 7.57. The van der Waals surface area contributed by atoms with E-state index in [1.165, 1.54) is 47.3 Å². The van der Waals surface area contributed by atoms with Crippen LogP contribution in [0.3, 0.4) is 0 Å². The second kappa shape index (κ2) is 5.04. The van der Waals surface area contributed by atoms with E-state index in [1.54, 1.807) is 0 Å². The predicted molar refractivity (Wildman–Crippen MR) is 76.5 cm³/mol. The average molecular weight is 279 g/mol. The summed E-state index contributed by atoms with van der Waals surface area (Å²) in [6.45, 7) is 0. The van der Waals surface area contributed by atoms with Crippen LogP contribution in [0.4, 0.5) is 0 Å². The van der Waals surface area contributed by atoms with Crippen LogP contribution in [0.5, 0.6) is 0 Å². The number of aliphatic hydroxyl groups is 1. The number of halogens is 1. The molecule has 3 rings (SSSR count). The van der Waals surface area contributed by atoms with Gasteiger partial charge in [0, 0.05) is 6.42 Å². The van der Waals surface area contributed by atoms with Crippen molar-refractivity contribution < 1.29 is 5.11 Å². The number of benzene rings is 1. The molecule has 1 N–H and O–H groups in total. The third-order valence-electron chi connectivity index (χ3n) is 3.54. The molecule has 0 radical (unpaired) electrons. The van der Waals surface area contributed by atoms with E-state index < -0.39 is 6.10 Å². The summed E-state index contributed by atoms with van der Waals surface area (Å²) in [5.74, 6) is 0. The van der Waals surface area contributed by atoms with Gasteiger partial charge in [-0.2, -0.15) is 0 Å². The number of hydrogen-bond donors (Lipinski definition) is 1. The first-order valence-corrected chi connectivity index (χ1v) is 7.51. The first-order chi connectivity index (χ1) is 8.74. The summed E-state index contributed by atoms with van der Waals surface area (Å²) in [4.78, 5) is 0.872. The van der Waals surface area contributed by atoms with E-state index in [0.29, 0.717) is 11.4 Å². The molecule has 1 unspecified atom stereocenters. The lowest BCUT2D eigenvalue weighted by molar-refractivity contribution is 0.182. The van der Waals surface area contributed by atoms with Crippen molar-refractivity contribution in [3.63, 3.8) is 0 Å². The second-order valence-corrected chi connectivity index (χ2v) is 6.16. The lowest BCUT2D eigenvalue weighted by atomic mass is 10.0. The van der Waals surface area contributed by atoms with E-state index in [-0.39, 0.29) is 0 Å². The molecule has 2 aromatic rings. The number of fused-ring (bicyclic) bond motifs is 1. The first kappa shape index (κ1) is 12.2. The number of thiophene rings is 1. The van der Waals surface area contributed by atoms with Gasteiger partial charge in [-0.15, -0.1) is 11.3 Å². The van der Waals surface area contributed by atoms with Gasteiger partial charge in [0.2, 0.25) is 0 Å². The van der Waals surface area contributed by atoms with E-state index >= 15 is 0 Å². The van der Waals surface area contributed by atoms with Gasteiger partial charge < -0.3 is 5.11 Å². The van der Waals surface area contributed by atoms with Crippen molar-refractivity contribution in [2.45, 2.75) is 31.8 Å². The molecule has 0 fully saturated rings. The van der Waals surface area contributed by atoms with Gasteiger partial charge in [-0.1, -0.05) is 29.8 Å². The van der Waals surface area contributed by atoms with Crippen LogP contribution in [0.25, 0.3) is 0 Å². The van der Waals surface area contributed by atoms with Gasteiger partial charge >= 0.3 is 0 Å². The highest BCUT2D eigenvalue weighted by molar-refractivity contribution is 7.10. The third kappa shape index (κ3) is 2.33. The zero-order chi connectivity index (χ0) is 12.5. The molecule has 0 spiro atoms. The predicted octanol–water partition coefficient (Wildman–Crippen LogP) is 4.17. The second-order valence-electron chi connectivity index (χ2n) is 4.81. The third-order valence-corrected chi connectivity index (χ3v) is 5.00. The Kier molecular flexibility index (Phi) is 3.42. The van der Waals surface area contributed by atoms with Crippen LogP contribution in [0.1, 0.15) is 34.1 Å². The summed E-state index contributed by atoms with van der Waals surface area (Å²) in [5, 5.41) is 12.8. The fraction of sp³-hybridized carbons (Fsp3) is 0.333. The molecular formula is C15H15ClOS. The van der Waals surface area contributed by atoms with Crippen molar-refractivity contribution in [2.75, 3.05) is 0 Å². The topological polar surface area (TPSA) is 20.2 Å². The number of hydrogen-bond acceptors (Lipinski definition) is 2. The van der Waals surface area contributed by atoms with Crippen LogP contribution in [0.2, 0.25) is 5.02 Å². The summed E-state index contributed by atoms with van der Waals surface area (Å²) in [6.07, 6.45) is 3.80. The smallest absolute Gasteiger partial charge is 0.0937 e. The minimum atomic E-state index is -0.489. The average Bonchev–Trinajstić information content (AvgIpc) is 2.96. The van der Waals surface area contributed by atoms with Crippen molar-refractivity contribution >= 4 is 22.9 Å². The maximum Gasteiger partial charge on any atom is 0.0937 e. The van der Waals surface area contributed by atoms with Crippen LogP contribution >= 0.6 is 22.9 Å². The van der Waals surface area contributed by atoms with Gasteiger partial charge in [0.05, 0.1) is 16.0 Å². The van der Waals surface area contributed by atoms with Crippen LogP contribution in [0, 0.1) is 0 Å². The highest BCUT2D eigenvalue weighted by atomic mass is 35.5. The number of aryl methyl sites for hydroxylation is 2. The molecule has 1 nitrogen and oxygen atoms in total. The van der Waals surface area contributed by atoms with Crippen LogP contribution < -0.4 is 0 Å². The standard InChI is InChI=1S/C15H15ClOS/c16-13-6-7-18-15(13)14(17)9-10-4-5-11-2-1-3-12(11)8-10/h4-8,14,17H,1-3,9H2. The lowest BCUT2D eigenvalue weighted by Crippen LogP contribution is -2.01. The fourth-order valence-electron chi connectivity index (χ4n) is 2.61. The maximum absolute atomic E-state index is 10.2. The Morgan fingerprint density at radius 1 is 1.22 bits per heavy atom. The molecule has 94 valence electrons. The molecule has 0 aliphatic heterocycles. The molecule has 1 atom stereocenters.